The lowest BCUT2D eigenvalue weighted by Gasteiger charge is -2.05. The van der Waals surface area contributed by atoms with Crippen LogP contribution < -0.4 is 5.32 Å². The van der Waals surface area contributed by atoms with Crippen LogP contribution >= 0.6 is 0 Å². The largest absolute Gasteiger partial charge is 0.508 e. The smallest absolute Gasteiger partial charge is 0.251 e. The lowest BCUT2D eigenvalue weighted by molar-refractivity contribution is 0.0956. The zero-order valence-corrected chi connectivity index (χ0v) is 8.45. The van der Waals surface area contributed by atoms with Gasteiger partial charge in [-0.25, -0.2) is 0 Å². The molecule has 0 aliphatic rings. The average molecular weight is 207 g/mol. The van der Waals surface area contributed by atoms with Crippen molar-refractivity contribution in [1.29, 1.82) is 0 Å². The third kappa shape index (κ3) is 3.34. The Morgan fingerprint density at radius 3 is 2.33 bits per heavy atom. The number of benzene rings is 1. The van der Waals surface area contributed by atoms with E-state index in [1.165, 1.54) is 12.1 Å². The number of carbonyl (C=O) groups is 1. The van der Waals surface area contributed by atoms with E-state index in [9.17, 15) is 4.79 Å². The summed E-state index contributed by atoms with van der Waals surface area (Å²) in [6.07, 6.45) is 0. The fourth-order valence-electron chi connectivity index (χ4n) is 1.06. The van der Waals surface area contributed by atoms with Crippen molar-refractivity contribution in [3.63, 3.8) is 0 Å². The van der Waals surface area contributed by atoms with Crippen LogP contribution in [0.4, 0.5) is 0 Å². The molecular weight excluding hydrogens is 194 g/mol. The van der Waals surface area contributed by atoms with E-state index in [0.29, 0.717) is 6.54 Å². The van der Waals surface area contributed by atoms with E-state index >= 15 is 0 Å². The van der Waals surface area contributed by atoms with Crippen molar-refractivity contribution in [3.8, 4) is 11.5 Å². The summed E-state index contributed by atoms with van der Waals surface area (Å²) in [6, 6.07) is 3.73. The number of hydrogen-bond donors (Lipinski definition) is 3. The number of aromatic hydroxyl groups is 2. The minimum Gasteiger partial charge on any atom is -0.508 e. The van der Waals surface area contributed by atoms with Crippen LogP contribution in [-0.2, 0) is 0 Å². The summed E-state index contributed by atoms with van der Waals surface area (Å²) in [6.45, 7) is 5.80. The molecule has 0 unspecified atom stereocenters. The van der Waals surface area contributed by atoms with Gasteiger partial charge < -0.3 is 15.5 Å². The van der Waals surface area contributed by atoms with Crippen molar-refractivity contribution in [2.45, 2.75) is 6.92 Å². The van der Waals surface area contributed by atoms with Crippen LogP contribution in [0.3, 0.4) is 0 Å². The number of carbonyl (C=O) groups excluding carboxylic acids is 1. The summed E-state index contributed by atoms with van der Waals surface area (Å²) in [7, 11) is 0. The molecule has 1 aromatic rings. The summed E-state index contributed by atoms with van der Waals surface area (Å²) < 4.78 is 0. The molecule has 15 heavy (non-hydrogen) atoms. The molecule has 1 rings (SSSR count). The van der Waals surface area contributed by atoms with Crippen LogP contribution in [-0.4, -0.2) is 22.7 Å². The molecule has 1 amide bonds. The molecule has 0 spiro atoms. The molecule has 0 bridgehead atoms. The third-order valence-electron chi connectivity index (χ3n) is 1.72. The molecule has 3 N–H and O–H groups in total. The Kier molecular flexibility index (Phi) is 3.33. The van der Waals surface area contributed by atoms with Gasteiger partial charge in [0.2, 0.25) is 0 Å². The van der Waals surface area contributed by atoms with Gasteiger partial charge in [-0.3, -0.25) is 4.79 Å². The Balaban J connectivity index is 2.77. The van der Waals surface area contributed by atoms with Gasteiger partial charge in [-0.2, -0.15) is 0 Å². The molecule has 80 valence electrons. The number of nitrogens with one attached hydrogen (secondary N) is 1. The summed E-state index contributed by atoms with van der Waals surface area (Å²) in [5.41, 5.74) is 1.04. The topological polar surface area (TPSA) is 69.6 Å². The monoisotopic (exact) mass is 207 g/mol. The maximum atomic E-state index is 11.5. The molecule has 0 saturated carbocycles. The Labute approximate surface area is 87.9 Å². The number of hydrogen-bond acceptors (Lipinski definition) is 3. The standard InChI is InChI=1S/C11H13NO3/c1-7(2)6-12-11(15)8-3-9(13)5-10(14)4-8/h3-5,13-14H,1,6H2,2H3,(H,12,15). The normalized spacial score (nSPS) is 9.67. The highest BCUT2D eigenvalue weighted by atomic mass is 16.3. The van der Waals surface area contributed by atoms with Gasteiger partial charge in [0.25, 0.3) is 5.91 Å². The lowest BCUT2D eigenvalue weighted by atomic mass is 10.2. The van der Waals surface area contributed by atoms with Gasteiger partial charge in [0, 0.05) is 18.2 Å². The molecule has 0 atom stereocenters. The Hall–Kier alpha value is -1.97. The number of phenols is 2. The van der Waals surface area contributed by atoms with Crippen LogP contribution in [0, 0.1) is 0 Å². The Morgan fingerprint density at radius 1 is 1.33 bits per heavy atom. The van der Waals surface area contributed by atoms with E-state index in [1.807, 2.05) is 0 Å². The molecule has 0 heterocycles. The van der Waals surface area contributed by atoms with E-state index in [2.05, 4.69) is 11.9 Å². The van der Waals surface area contributed by atoms with Crippen molar-refractivity contribution in [2.75, 3.05) is 6.54 Å². The molecule has 4 nitrogen and oxygen atoms in total. The van der Waals surface area contributed by atoms with E-state index in [-0.39, 0.29) is 23.0 Å². The second-order valence-corrected chi connectivity index (χ2v) is 3.38. The summed E-state index contributed by atoms with van der Waals surface area (Å²) in [5, 5.41) is 20.9. The first-order valence-electron chi connectivity index (χ1n) is 4.44. The van der Waals surface area contributed by atoms with Gasteiger partial charge in [-0.1, -0.05) is 12.2 Å². The fourth-order valence-corrected chi connectivity index (χ4v) is 1.06. The van der Waals surface area contributed by atoms with Crippen LogP contribution in [0.25, 0.3) is 0 Å². The highest BCUT2D eigenvalue weighted by Crippen LogP contribution is 2.20. The summed E-state index contributed by atoms with van der Waals surface area (Å²) >= 11 is 0. The summed E-state index contributed by atoms with van der Waals surface area (Å²) in [4.78, 5) is 11.5. The van der Waals surface area contributed by atoms with Crippen molar-refractivity contribution >= 4 is 5.91 Å². The molecular formula is C11H13NO3. The molecule has 0 saturated heterocycles. The maximum Gasteiger partial charge on any atom is 0.251 e. The van der Waals surface area contributed by atoms with Gasteiger partial charge in [-0.15, -0.1) is 0 Å². The first-order valence-corrected chi connectivity index (χ1v) is 4.44. The Bertz CT molecular complexity index is 379. The second kappa shape index (κ2) is 4.50. The van der Waals surface area contributed by atoms with Crippen molar-refractivity contribution in [1.82, 2.24) is 5.32 Å². The molecule has 0 radical (unpaired) electrons. The van der Waals surface area contributed by atoms with Crippen LogP contribution in [0.1, 0.15) is 17.3 Å². The van der Waals surface area contributed by atoms with E-state index in [1.54, 1.807) is 6.92 Å². The first kappa shape index (κ1) is 11.1. The number of phenolic OH excluding ortho intramolecular Hbond substituents is 2. The van der Waals surface area contributed by atoms with Gasteiger partial charge in [-0.05, 0) is 19.1 Å². The molecule has 1 aromatic carbocycles. The van der Waals surface area contributed by atoms with Crippen molar-refractivity contribution in [3.05, 3.63) is 35.9 Å². The molecule has 0 aromatic heterocycles. The lowest BCUT2D eigenvalue weighted by Crippen LogP contribution is -2.24. The number of amides is 1. The predicted octanol–water partition coefficient (Wildman–Crippen LogP) is 1.40. The van der Waals surface area contributed by atoms with Crippen LogP contribution in [0.5, 0.6) is 11.5 Å². The average Bonchev–Trinajstić information content (AvgIpc) is 2.12. The molecule has 0 aliphatic carbocycles. The van der Waals surface area contributed by atoms with Gasteiger partial charge in [0.05, 0.1) is 0 Å². The van der Waals surface area contributed by atoms with E-state index in [4.69, 9.17) is 10.2 Å². The minimum absolute atomic E-state index is 0.143. The fraction of sp³-hybridized carbons (Fsp3) is 0.182. The zero-order chi connectivity index (χ0) is 11.4. The van der Waals surface area contributed by atoms with Gasteiger partial charge >= 0.3 is 0 Å². The zero-order valence-electron chi connectivity index (χ0n) is 8.45. The molecule has 4 heteroatoms. The highest BCUT2D eigenvalue weighted by Gasteiger charge is 2.07. The number of rotatable bonds is 3. The van der Waals surface area contributed by atoms with Crippen LogP contribution in [0.15, 0.2) is 30.4 Å². The van der Waals surface area contributed by atoms with Crippen LogP contribution in [0.2, 0.25) is 0 Å². The minimum atomic E-state index is -0.357. The SMILES string of the molecule is C=C(C)CNC(=O)c1cc(O)cc(O)c1. The summed E-state index contributed by atoms with van der Waals surface area (Å²) in [5.74, 6) is -0.643. The van der Waals surface area contributed by atoms with Crippen molar-refractivity contribution in [2.24, 2.45) is 0 Å². The first-order chi connectivity index (χ1) is 6.99. The Morgan fingerprint density at radius 2 is 1.87 bits per heavy atom. The van der Waals surface area contributed by atoms with E-state index in [0.717, 1.165) is 11.6 Å². The third-order valence-corrected chi connectivity index (χ3v) is 1.72. The molecule has 0 fully saturated rings. The highest BCUT2D eigenvalue weighted by molar-refractivity contribution is 5.95. The van der Waals surface area contributed by atoms with Gasteiger partial charge in [0.1, 0.15) is 11.5 Å². The van der Waals surface area contributed by atoms with Gasteiger partial charge in [0.15, 0.2) is 0 Å². The second-order valence-electron chi connectivity index (χ2n) is 3.38. The van der Waals surface area contributed by atoms with E-state index < -0.39 is 0 Å². The quantitative estimate of drug-likeness (QED) is 0.656. The van der Waals surface area contributed by atoms with Crippen molar-refractivity contribution < 1.29 is 15.0 Å². The maximum absolute atomic E-state index is 11.5. The molecule has 0 aliphatic heterocycles. The predicted molar refractivity (Wildman–Crippen MR) is 56.9 cm³/mol.